The van der Waals surface area contributed by atoms with E-state index in [0.717, 1.165) is 23.3 Å². The summed E-state index contributed by atoms with van der Waals surface area (Å²) in [6.45, 7) is 4.33. The highest BCUT2D eigenvalue weighted by Gasteiger charge is 2.28. The van der Waals surface area contributed by atoms with E-state index < -0.39 is 5.97 Å². The second kappa shape index (κ2) is 6.26. The van der Waals surface area contributed by atoms with Crippen LogP contribution in [0.5, 0.6) is 0 Å². The fourth-order valence-corrected chi connectivity index (χ4v) is 3.30. The Labute approximate surface area is 126 Å². The van der Waals surface area contributed by atoms with Crippen LogP contribution in [0.1, 0.15) is 35.0 Å². The van der Waals surface area contributed by atoms with Gasteiger partial charge in [-0.05, 0) is 30.7 Å². The van der Waals surface area contributed by atoms with Gasteiger partial charge in [-0.3, -0.25) is 9.59 Å². The second-order valence-corrected chi connectivity index (χ2v) is 6.10. The van der Waals surface area contributed by atoms with Crippen LogP contribution < -0.4 is 5.32 Å². The van der Waals surface area contributed by atoms with Crippen molar-refractivity contribution in [2.45, 2.75) is 26.7 Å². The van der Waals surface area contributed by atoms with Crippen LogP contribution in [0.25, 0.3) is 0 Å². The number of thiophene rings is 1. The summed E-state index contributed by atoms with van der Waals surface area (Å²) in [5, 5.41) is 13.6. The molecule has 1 atom stereocenters. The molecular formula is C14H18N2O4S. The zero-order chi connectivity index (χ0) is 15.6. The maximum Gasteiger partial charge on any atom is 0.348 e. The molecule has 2 heterocycles. The van der Waals surface area contributed by atoms with Crippen molar-refractivity contribution < 1.29 is 19.5 Å². The van der Waals surface area contributed by atoms with E-state index in [-0.39, 0.29) is 22.6 Å². The van der Waals surface area contributed by atoms with Crippen LogP contribution in [0.3, 0.4) is 0 Å². The van der Waals surface area contributed by atoms with Gasteiger partial charge in [0.1, 0.15) is 4.88 Å². The minimum Gasteiger partial charge on any atom is -0.477 e. The van der Waals surface area contributed by atoms with E-state index >= 15 is 0 Å². The van der Waals surface area contributed by atoms with E-state index in [1.54, 1.807) is 17.2 Å². The molecule has 0 bridgehead atoms. The molecule has 2 N–H and O–H groups in total. The molecule has 1 aromatic rings. The molecule has 1 saturated heterocycles. The summed E-state index contributed by atoms with van der Waals surface area (Å²) in [5.41, 5.74) is 1.11. The molecule has 114 valence electrons. The Bertz CT molecular complexity index is 582. The summed E-state index contributed by atoms with van der Waals surface area (Å²) in [6, 6.07) is 0. The van der Waals surface area contributed by atoms with Gasteiger partial charge >= 0.3 is 5.97 Å². The van der Waals surface area contributed by atoms with E-state index in [1.165, 1.54) is 6.92 Å². The molecule has 0 spiro atoms. The highest BCUT2D eigenvalue weighted by atomic mass is 32.1. The summed E-state index contributed by atoms with van der Waals surface area (Å²) in [6.07, 6.45) is 1.49. The summed E-state index contributed by atoms with van der Waals surface area (Å²) in [5.74, 6) is -1.59. The molecule has 1 aromatic heterocycles. The largest absolute Gasteiger partial charge is 0.477 e. The topological polar surface area (TPSA) is 86.7 Å². The molecule has 0 aliphatic carbocycles. The highest BCUT2D eigenvalue weighted by molar-refractivity contribution is 7.12. The molecule has 1 fully saturated rings. The second-order valence-electron chi connectivity index (χ2n) is 5.22. The zero-order valence-corrected chi connectivity index (χ0v) is 12.8. The van der Waals surface area contributed by atoms with Gasteiger partial charge in [0, 0.05) is 20.0 Å². The quantitative estimate of drug-likeness (QED) is 0.893. The average Bonchev–Trinajstić information content (AvgIpc) is 2.80. The number of carboxylic acids is 1. The molecule has 1 unspecified atom stereocenters. The van der Waals surface area contributed by atoms with Crippen LogP contribution in [0.4, 0.5) is 5.69 Å². The number of hydrogen-bond acceptors (Lipinski definition) is 4. The van der Waals surface area contributed by atoms with Crippen molar-refractivity contribution in [2.75, 3.05) is 18.4 Å². The number of nitrogens with one attached hydrogen (secondary N) is 1. The van der Waals surface area contributed by atoms with E-state index in [1.807, 2.05) is 0 Å². The predicted octanol–water partition coefficient (Wildman–Crippen LogP) is 1.95. The molecule has 6 nitrogen and oxygen atoms in total. The van der Waals surface area contributed by atoms with Gasteiger partial charge in [-0.15, -0.1) is 11.3 Å². The molecule has 1 aliphatic heterocycles. The third-order valence-corrected chi connectivity index (χ3v) is 4.74. The Morgan fingerprint density at radius 1 is 1.43 bits per heavy atom. The van der Waals surface area contributed by atoms with Gasteiger partial charge in [-0.25, -0.2) is 4.79 Å². The first-order valence-electron chi connectivity index (χ1n) is 6.78. The number of rotatable bonds is 3. The normalized spacial score (nSPS) is 18.4. The Kier molecular flexibility index (Phi) is 4.62. The lowest BCUT2D eigenvalue weighted by Crippen LogP contribution is -2.42. The van der Waals surface area contributed by atoms with Gasteiger partial charge in [0.05, 0.1) is 11.6 Å². The number of aryl methyl sites for hydroxylation is 1. The fraction of sp³-hybridized carbons (Fsp3) is 0.500. The van der Waals surface area contributed by atoms with Crippen LogP contribution in [-0.4, -0.2) is 40.9 Å². The molecule has 21 heavy (non-hydrogen) atoms. The first-order valence-corrected chi connectivity index (χ1v) is 7.66. The minimum absolute atomic E-state index is 0.0366. The Balaban J connectivity index is 2.09. The highest BCUT2D eigenvalue weighted by Crippen LogP contribution is 2.29. The number of piperidine rings is 1. The number of amides is 2. The number of aromatic carboxylic acids is 1. The average molecular weight is 310 g/mol. The first kappa shape index (κ1) is 15.5. The van der Waals surface area contributed by atoms with Crippen molar-refractivity contribution in [3.05, 3.63) is 15.8 Å². The van der Waals surface area contributed by atoms with Crippen LogP contribution in [-0.2, 0) is 9.59 Å². The van der Waals surface area contributed by atoms with Gasteiger partial charge in [0.2, 0.25) is 11.8 Å². The van der Waals surface area contributed by atoms with Crippen molar-refractivity contribution in [3.63, 3.8) is 0 Å². The van der Waals surface area contributed by atoms with E-state index in [4.69, 9.17) is 5.11 Å². The van der Waals surface area contributed by atoms with Crippen LogP contribution in [0.15, 0.2) is 5.38 Å². The lowest BCUT2D eigenvalue weighted by molar-refractivity contribution is -0.132. The standard InChI is InChI=1S/C14H18N2O4S/c1-8-7-21-12(14(19)20)11(8)15-13(18)10-4-3-5-16(6-10)9(2)17/h7,10H,3-6H2,1-2H3,(H,15,18)(H,19,20). The maximum atomic E-state index is 12.3. The van der Waals surface area contributed by atoms with Crippen molar-refractivity contribution >= 4 is 34.8 Å². The SMILES string of the molecule is CC(=O)N1CCCC(C(=O)Nc2c(C)csc2C(=O)O)C1. The summed E-state index contributed by atoms with van der Waals surface area (Å²) < 4.78 is 0. The Morgan fingerprint density at radius 3 is 2.76 bits per heavy atom. The Hall–Kier alpha value is -1.89. The lowest BCUT2D eigenvalue weighted by Gasteiger charge is -2.31. The molecule has 0 saturated carbocycles. The number of carbonyl (C=O) groups is 3. The lowest BCUT2D eigenvalue weighted by atomic mass is 9.97. The van der Waals surface area contributed by atoms with E-state index in [2.05, 4.69) is 5.32 Å². The number of hydrogen-bond donors (Lipinski definition) is 2. The van der Waals surface area contributed by atoms with Gasteiger partial charge in [-0.2, -0.15) is 0 Å². The van der Waals surface area contributed by atoms with Crippen LogP contribution in [0, 0.1) is 12.8 Å². The number of nitrogens with zero attached hydrogens (tertiary/aromatic N) is 1. The van der Waals surface area contributed by atoms with Gasteiger partial charge < -0.3 is 15.3 Å². The summed E-state index contributed by atoms with van der Waals surface area (Å²) >= 11 is 1.10. The van der Waals surface area contributed by atoms with Crippen molar-refractivity contribution in [2.24, 2.45) is 5.92 Å². The van der Waals surface area contributed by atoms with Gasteiger partial charge in [0.25, 0.3) is 0 Å². The number of carbonyl (C=O) groups excluding carboxylic acids is 2. The van der Waals surface area contributed by atoms with Crippen LogP contribution >= 0.6 is 11.3 Å². The Morgan fingerprint density at radius 2 is 2.14 bits per heavy atom. The molecule has 0 aromatic carbocycles. The first-order chi connectivity index (χ1) is 9.90. The van der Waals surface area contributed by atoms with Crippen molar-refractivity contribution in [1.29, 1.82) is 0 Å². The third kappa shape index (κ3) is 3.41. The van der Waals surface area contributed by atoms with Crippen LogP contribution in [0.2, 0.25) is 0 Å². The zero-order valence-electron chi connectivity index (χ0n) is 12.0. The number of carboxylic acid groups (broad SMARTS) is 1. The molecule has 0 radical (unpaired) electrons. The van der Waals surface area contributed by atoms with E-state index in [0.29, 0.717) is 25.2 Å². The van der Waals surface area contributed by atoms with E-state index in [9.17, 15) is 14.4 Å². The molecule has 2 rings (SSSR count). The molecular weight excluding hydrogens is 292 g/mol. The maximum absolute atomic E-state index is 12.3. The van der Waals surface area contributed by atoms with Gasteiger partial charge in [-0.1, -0.05) is 0 Å². The smallest absolute Gasteiger partial charge is 0.348 e. The van der Waals surface area contributed by atoms with Gasteiger partial charge in [0.15, 0.2) is 0 Å². The third-order valence-electron chi connectivity index (χ3n) is 3.65. The summed E-state index contributed by atoms with van der Waals surface area (Å²) in [7, 11) is 0. The minimum atomic E-state index is -1.04. The molecule has 1 aliphatic rings. The molecule has 7 heteroatoms. The van der Waals surface area contributed by atoms with Crippen molar-refractivity contribution in [3.8, 4) is 0 Å². The number of anilines is 1. The molecule has 2 amide bonds. The predicted molar refractivity (Wildman–Crippen MR) is 79.6 cm³/mol. The number of likely N-dealkylation sites (tertiary alicyclic amines) is 1. The summed E-state index contributed by atoms with van der Waals surface area (Å²) in [4.78, 5) is 36.7. The fourth-order valence-electron chi connectivity index (χ4n) is 2.46. The van der Waals surface area contributed by atoms with Crippen molar-refractivity contribution in [1.82, 2.24) is 4.90 Å². The monoisotopic (exact) mass is 310 g/mol.